The Kier molecular flexibility index (Phi) is 4.30. The molecule has 0 fully saturated rings. The molecule has 0 aliphatic carbocycles. The molecule has 3 aromatic rings. The van der Waals surface area contributed by atoms with Crippen LogP contribution in [0.1, 0.15) is 5.56 Å². The molecule has 0 saturated carbocycles. The van der Waals surface area contributed by atoms with E-state index >= 15 is 0 Å². The highest BCUT2D eigenvalue weighted by Gasteiger charge is 2.11. The lowest BCUT2D eigenvalue weighted by molar-refractivity contribution is -0.384. The molecule has 0 atom stereocenters. The summed E-state index contributed by atoms with van der Waals surface area (Å²) >= 11 is 1.15. The fourth-order valence-electron chi connectivity index (χ4n) is 1.97. The quantitative estimate of drug-likeness (QED) is 0.441. The summed E-state index contributed by atoms with van der Waals surface area (Å²) < 4.78 is 13.4. The molecule has 0 aliphatic rings. The number of rotatable bonds is 4. The van der Waals surface area contributed by atoms with Crippen LogP contribution in [0.3, 0.4) is 0 Å². The van der Waals surface area contributed by atoms with E-state index in [0.717, 1.165) is 11.3 Å². The molecular formula is C16H10FN3O3S. The number of aromatic nitrogens is 1. The minimum atomic E-state index is -0.483. The Morgan fingerprint density at radius 2 is 2.00 bits per heavy atom. The Hall–Kier alpha value is -3.13. The standard InChI is InChI=1S/C16H10FN3O3S/c17-11-4-1-10(2-5-11)3-8-15(21)19-16-18-13-7-6-12(20(22)23)9-14(13)24-16/h1-9H,(H,18,19,21)/b8-3+. The van der Waals surface area contributed by atoms with E-state index in [1.54, 1.807) is 18.2 Å². The highest BCUT2D eigenvalue weighted by molar-refractivity contribution is 7.22. The molecule has 0 radical (unpaired) electrons. The van der Waals surface area contributed by atoms with E-state index in [0.29, 0.717) is 20.9 Å². The first-order valence-electron chi connectivity index (χ1n) is 6.81. The lowest BCUT2D eigenvalue weighted by atomic mass is 10.2. The van der Waals surface area contributed by atoms with Gasteiger partial charge in [0.2, 0.25) is 5.91 Å². The summed E-state index contributed by atoms with van der Waals surface area (Å²) in [5.41, 5.74) is 1.23. The monoisotopic (exact) mass is 343 g/mol. The van der Waals surface area contributed by atoms with Crippen LogP contribution >= 0.6 is 11.3 Å². The summed E-state index contributed by atoms with van der Waals surface area (Å²) in [6.45, 7) is 0. The molecule has 1 aromatic heterocycles. The molecule has 3 rings (SSSR count). The predicted molar refractivity (Wildman–Crippen MR) is 90.3 cm³/mol. The Labute approximate surface area is 139 Å². The van der Waals surface area contributed by atoms with E-state index in [1.165, 1.54) is 36.4 Å². The van der Waals surface area contributed by atoms with Crippen LogP contribution in [0.15, 0.2) is 48.5 Å². The van der Waals surface area contributed by atoms with Gasteiger partial charge in [0.1, 0.15) is 5.82 Å². The van der Waals surface area contributed by atoms with Gasteiger partial charge in [-0.15, -0.1) is 0 Å². The summed E-state index contributed by atoms with van der Waals surface area (Å²) in [6.07, 6.45) is 2.86. The average Bonchev–Trinajstić information content (AvgIpc) is 2.95. The highest BCUT2D eigenvalue weighted by Crippen LogP contribution is 2.29. The zero-order valence-corrected chi connectivity index (χ0v) is 12.9. The molecule has 2 aromatic carbocycles. The lowest BCUT2D eigenvalue weighted by Crippen LogP contribution is -2.07. The molecule has 24 heavy (non-hydrogen) atoms. The normalized spacial score (nSPS) is 11.0. The highest BCUT2D eigenvalue weighted by atomic mass is 32.1. The van der Waals surface area contributed by atoms with Gasteiger partial charge in [-0.25, -0.2) is 9.37 Å². The van der Waals surface area contributed by atoms with E-state index in [1.807, 2.05) is 0 Å². The van der Waals surface area contributed by atoms with E-state index < -0.39 is 10.8 Å². The predicted octanol–water partition coefficient (Wildman–Crippen LogP) is 4.00. The first-order valence-corrected chi connectivity index (χ1v) is 7.62. The van der Waals surface area contributed by atoms with Crippen molar-refractivity contribution in [2.24, 2.45) is 0 Å². The number of hydrogen-bond acceptors (Lipinski definition) is 5. The maximum Gasteiger partial charge on any atom is 0.270 e. The fourth-order valence-corrected chi connectivity index (χ4v) is 2.88. The van der Waals surface area contributed by atoms with Gasteiger partial charge in [-0.1, -0.05) is 23.5 Å². The van der Waals surface area contributed by atoms with Crippen molar-refractivity contribution < 1.29 is 14.1 Å². The number of nitrogens with zero attached hydrogens (tertiary/aromatic N) is 2. The summed E-state index contributed by atoms with van der Waals surface area (Å²) in [6, 6.07) is 10.0. The minimum absolute atomic E-state index is 0.0276. The maximum absolute atomic E-state index is 12.8. The van der Waals surface area contributed by atoms with Gasteiger partial charge in [-0.2, -0.15) is 0 Å². The Bertz CT molecular complexity index is 951. The molecule has 0 unspecified atom stereocenters. The number of halogens is 1. The van der Waals surface area contributed by atoms with Crippen LogP contribution in [0.4, 0.5) is 15.2 Å². The SMILES string of the molecule is O=C(/C=C/c1ccc(F)cc1)Nc1nc2ccc([N+](=O)[O-])cc2s1. The Morgan fingerprint density at radius 1 is 1.25 bits per heavy atom. The van der Waals surface area contributed by atoms with Crippen LogP contribution in [-0.2, 0) is 4.79 Å². The van der Waals surface area contributed by atoms with E-state index in [4.69, 9.17) is 0 Å². The topological polar surface area (TPSA) is 85.1 Å². The number of non-ortho nitro benzene ring substituents is 1. The third kappa shape index (κ3) is 3.61. The number of hydrogen-bond donors (Lipinski definition) is 1. The van der Waals surface area contributed by atoms with Crippen molar-refractivity contribution in [3.63, 3.8) is 0 Å². The number of benzene rings is 2. The molecular weight excluding hydrogens is 333 g/mol. The van der Waals surface area contributed by atoms with Gasteiger partial charge in [0.15, 0.2) is 5.13 Å². The van der Waals surface area contributed by atoms with Crippen LogP contribution in [0.5, 0.6) is 0 Å². The summed E-state index contributed by atoms with van der Waals surface area (Å²) in [5.74, 6) is -0.743. The van der Waals surface area contributed by atoms with Crippen molar-refractivity contribution in [2.45, 2.75) is 0 Å². The maximum atomic E-state index is 12.8. The second kappa shape index (κ2) is 6.55. The molecule has 1 N–H and O–H groups in total. The number of amides is 1. The number of thiazole rings is 1. The van der Waals surface area contributed by atoms with Crippen LogP contribution in [-0.4, -0.2) is 15.8 Å². The van der Waals surface area contributed by atoms with Crippen molar-refractivity contribution in [3.05, 3.63) is 70.0 Å². The second-order valence-corrected chi connectivity index (χ2v) is 5.83. The van der Waals surface area contributed by atoms with E-state index in [-0.39, 0.29) is 11.5 Å². The third-order valence-corrected chi connectivity index (χ3v) is 4.04. The van der Waals surface area contributed by atoms with Gasteiger partial charge in [-0.05, 0) is 29.8 Å². The molecule has 0 spiro atoms. The van der Waals surface area contributed by atoms with Crippen molar-refractivity contribution >= 4 is 44.4 Å². The molecule has 8 heteroatoms. The first-order chi connectivity index (χ1) is 11.5. The summed E-state index contributed by atoms with van der Waals surface area (Å²) in [5, 5.41) is 13.7. The number of carbonyl (C=O) groups excluding carboxylic acids is 1. The fraction of sp³-hybridized carbons (Fsp3) is 0. The molecule has 0 bridgehead atoms. The number of fused-ring (bicyclic) bond motifs is 1. The lowest BCUT2D eigenvalue weighted by Gasteiger charge is -1.96. The van der Waals surface area contributed by atoms with Gasteiger partial charge in [-0.3, -0.25) is 20.2 Å². The first kappa shape index (κ1) is 15.8. The zero-order chi connectivity index (χ0) is 17.1. The number of nitro groups is 1. The van der Waals surface area contributed by atoms with Crippen LogP contribution in [0.2, 0.25) is 0 Å². The van der Waals surface area contributed by atoms with Crippen LogP contribution < -0.4 is 5.32 Å². The third-order valence-electron chi connectivity index (χ3n) is 3.11. The van der Waals surface area contributed by atoms with E-state index in [9.17, 15) is 19.3 Å². The van der Waals surface area contributed by atoms with Gasteiger partial charge >= 0.3 is 0 Å². The number of nitrogens with one attached hydrogen (secondary N) is 1. The van der Waals surface area contributed by atoms with Gasteiger partial charge in [0.25, 0.3) is 5.69 Å². The Morgan fingerprint density at radius 3 is 2.71 bits per heavy atom. The van der Waals surface area contributed by atoms with Gasteiger partial charge in [0, 0.05) is 18.2 Å². The minimum Gasteiger partial charge on any atom is -0.298 e. The Balaban J connectivity index is 1.73. The molecule has 6 nitrogen and oxygen atoms in total. The second-order valence-electron chi connectivity index (χ2n) is 4.80. The largest absolute Gasteiger partial charge is 0.298 e. The number of nitro benzene ring substituents is 1. The van der Waals surface area contributed by atoms with E-state index in [2.05, 4.69) is 10.3 Å². The van der Waals surface area contributed by atoms with Gasteiger partial charge in [0.05, 0.1) is 15.1 Å². The molecule has 1 heterocycles. The zero-order valence-electron chi connectivity index (χ0n) is 12.1. The molecule has 120 valence electrons. The number of anilines is 1. The average molecular weight is 343 g/mol. The summed E-state index contributed by atoms with van der Waals surface area (Å²) in [7, 11) is 0. The molecule has 0 saturated heterocycles. The van der Waals surface area contributed by atoms with Crippen molar-refractivity contribution in [1.29, 1.82) is 0 Å². The smallest absolute Gasteiger partial charge is 0.270 e. The number of carbonyl (C=O) groups is 1. The van der Waals surface area contributed by atoms with Crippen molar-refractivity contribution in [2.75, 3.05) is 5.32 Å². The van der Waals surface area contributed by atoms with Gasteiger partial charge < -0.3 is 0 Å². The summed E-state index contributed by atoms with van der Waals surface area (Å²) in [4.78, 5) is 26.4. The van der Waals surface area contributed by atoms with Crippen LogP contribution in [0.25, 0.3) is 16.3 Å². The molecule has 1 amide bonds. The van der Waals surface area contributed by atoms with Crippen molar-refractivity contribution in [1.82, 2.24) is 4.98 Å². The van der Waals surface area contributed by atoms with Crippen LogP contribution in [0, 0.1) is 15.9 Å². The molecule has 0 aliphatic heterocycles. The van der Waals surface area contributed by atoms with Crippen molar-refractivity contribution in [3.8, 4) is 0 Å².